The summed E-state index contributed by atoms with van der Waals surface area (Å²) in [5.74, 6) is 0.284. The molecule has 0 unspecified atom stereocenters. The largest absolute Gasteiger partial charge is 0.326 e. The third-order valence-electron chi connectivity index (χ3n) is 2.94. The van der Waals surface area contributed by atoms with Crippen LogP contribution in [0, 0.1) is 5.92 Å². The molecule has 0 aromatic heterocycles. The molecule has 1 aliphatic carbocycles. The van der Waals surface area contributed by atoms with Crippen LogP contribution in [0.2, 0.25) is 0 Å². The minimum Gasteiger partial charge on any atom is -0.326 e. The second-order valence-corrected chi connectivity index (χ2v) is 4.39. The van der Waals surface area contributed by atoms with E-state index in [1.807, 2.05) is 24.3 Å². The van der Waals surface area contributed by atoms with Crippen LogP contribution in [0.4, 0.5) is 11.4 Å². The number of carbonyl (C=O) groups excluding carboxylic acids is 2. The molecule has 0 radical (unpaired) electrons. The Morgan fingerprint density at radius 2 is 1.82 bits per heavy atom. The van der Waals surface area contributed by atoms with Crippen LogP contribution in [0.5, 0.6) is 0 Å². The van der Waals surface area contributed by atoms with Gasteiger partial charge in [0.1, 0.15) is 0 Å². The molecule has 4 heteroatoms. The van der Waals surface area contributed by atoms with Crippen molar-refractivity contribution in [1.29, 1.82) is 0 Å². The third kappa shape index (κ3) is 2.84. The quantitative estimate of drug-likeness (QED) is 0.866. The van der Waals surface area contributed by atoms with Crippen molar-refractivity contribution in [3.05, 3.63) is 24.3 Å². The molecule has 1 fully saturated rings. The zero-order valence-corrected chi connectivity index (χ0v) is 10.1. The lowest BCUT2D eigenvalue weighted by Gasteiger charge is -2.15. The highest BCUT2D eigenvalue weighted by Crippen LogP contribution is 2.30. The van der Waals surface area contributed by atoms with Crippen LogP contribution < -0.4 is 10.2 Å². The Bertz CT molecular complexity index is 435. The van der Waals surface area contributed by atoms with Crippen molar-refractivity contribution >= 4 is 23.2 Å². The van der Waals surface area contributed by atoms with Gasteiger partial charge < -0.3 is 10.2 Å². The van der Waals surface area contributed by atoms with E-state index in [4.69, 9.17) is 0 Å². The second-order valence-electron chi connectivity index (χ2n) is 4.39. The van der Waals surface area contributed by atoms with Crippen molar-refractivity contribution in [2.45, 2.75) is 19.8 Å². The maximum atomic E-state index is 11.5. The summed E-state index contributed by atoms with van der Waals surface area (Å²) in [5, 5.41) is 2.86. The first-order valence-electron chi connectivity index (χ1n) is 5.73. The van der Waals surface area contributed by atoms with Gasteiger partial charge in [0.05, 0.1) is 0 Å². The first-order valence-corrected chi connectivity index (χ1v) is 5.73. The van der Waals surface area contributed by atoms with Gasteiger partial charge in [-0.1, -0.05) is 0 Å². The molecule has 90 valence electrons. The Balaban J connectivity index is 2.02. The molecule has 1 aromatic rings. The van der Waals surface area contributed by atoms with Crippen molar-refractivity contribution in [2.75, 3.05) is 17.3 Å². The fourth-order valence-electron chi connectivity index (χ4n) is 1.54. The summed E-state index contributed by atoms with van der Waals surface area (Å²) in [6, 6.07) is 7.28. The van der Waals surface area contributed by atoms with E-state index in [9.17, 15) is 9.59 Å². The number of nitrogens with one attached hydrogen (secondary N) is 1. The number of amides is 2. The fraction of sp³-hybridized carbons (Fsp3) is 0.385. The van der Waals surface area contributed by atoms with Crippen LogP contribution >= 0.6 is 0 Å². The van der Waals surface area contributed by atoms with Crippen LogP contribution in [-0.4, -0.2) is 18.9 Å². The normalized spacial score (nSPS) is 14.2. The number of nitrogens with zero attached hydrogens (tertiary/aromatic N) is 1. The number of carbonyl (C=O) groups is 2. The summed E-state index contributed by atoms with van der Waals surface area (Å²) in [4.78, 5) is 24.2. The zero-order valence-electron chi connectivity index (χ0n) is 10.1. The average molecular weight is 232 g/mol. The SMILES string of the molecule is CC(=O)N(C)c1ccc(NC(=O)C2CC2)cc1. The standard InChI is InChI=1S/C13H16N2O2/c1-9(16)15(2)12-7-5-11(6-8-12)14-13(17)10-3-4-10/h5-8,10H,3-4H2,1-2H3,(H,14,17). The number of rotatable bonds is 3. The molecule has 17 heavy (non-hydrogen) atoms. The van der Waals surface area contributed by atoms with Gasteiger partial charge in [0.25, 0.3) is 0 Å². The van der Waals surface area contributed by atoms with Gasteiger partial charge in [-0.15, -0.1) is 0 Å². The van der Waals surface area contributed by atoms with Gasteiger partial charge in [0, 0.05) is 31.3 Å². The molecule has 0 spiro atoms. The first-order chi connectivity index (χ1) is 8.08. The highest BCUT2D eigenvalue weighted by molar-refractivity contribution is 5.95. The van der Waals surface area contributed by atoms with Gasteiger partial charge in [-0.2, -0.15) is 0 Å². The number of hydrogen-bond acceptors (Lipinski definition) is 2. The molecule has 0 saturated heterocycles. The number of benzene rings is 1. The molecular formula is C13H16N2O2. The predicted octanol–water partition coefficient (Wildman–Crippen LogP) is 2.02. The van der Waals surface area contributed by atoms with E-state index >= 15 is 0 Å². The fourth-order valence-corrected chi connectivity index (χ4v) is 1.54. The van der Waals surface area contributed by atoms with E-state index < -0.39 is 0 Å². The van der Waals surface area contributed by atoms with Crippen LogP contribution in [0.25, 0.3) is 0 Å². The molecule has 1 saturated carbocycles. The monoisotopic (exact) mass is 232 g/mol. The maximum Gasteiger partial charge on any atom is 0.227 e. The molecule has 1 aromatic carbocycles. The summed E-state index contributed by atoms with van der Waals surface area (Å²) >= 11 is 0. The lowest BCUT2D eigenvalue weighted by Crippen LogP contribution is -2.22. The minimum absolute atomic E-state index is 0.0141. The van der Waals surface area contributed by atoms with Crippen molar-refractivity contribution < 1.29 is 9.59 Å². The first kappa shape index (κ1) is 11.6. The Kier molecular flexibility index (Phi) is 3.13. The highest BCUT2D eigenvalue weighted by Gasteiger charge is 2.29. The Morgan fingerprint density at radius 3 is 2.29 bits per heavy atom. The van der Waals surface area contributed by atoms with E-state index in [0.29, 0.717) is 0 Å². The molecule has 4 nitrogen and oxygen atoms in total. The van der Waals surface area contributed by atoms with E-state index in [1.54, 1.807) is 11.9 Å². The van der Waals surface area contributed by atoms with Crippen molar-refractivity contribution in [1.82, 2.24) is 0 Å². The van der Waals surface area contributed by atoms with Gasteiger partial charge in [-0.25, -0.2) is 0 Å². The van der Waals surface area contributed by atoms with E-state index in [1.165, 1.54) is 6.92 Å². The Morgan fingerprint density at radius 1 is 1.24 bits per heavy atom. The second kappa shape index (κ2) is 4.57. The molecule has 1 N–H and O–H groups in total. The van der Waals surface area contributed by atoms with E-state index in [0.717, 1.165) is 24.2 Å². The molecule has 0 bridgehead atoms. The molecule has 2 rings (SSSR count). The van der Waals surface area contributed by atoms with Gasteiger partial charge in [0.15, 0.2) is 0 Å². The smallest absolute Gasteiger partial charge is 0.227 e. The van der Waals surface area contributed by atoms with Crippen LogP contribution in [0.3, 0.4) is 0 Å². The summed E-state index contributed by atoms with van der Waals surface area (Å²) in [7, 11) is 1.72. The topological polar surface area (TPSA) is 49.4 Å². The van der Waals surface area contributed by atoms with E-state index in [-0.39, 0.29) is 17.7 Å². The highest BCUT2D eigenvalue weighted by atomic mass is 16.2. The average Bonchev–Trinajstić information content (AvgIpc) is 3.12. The van der Waals surface area contributed by atoms with Gasteiger partial charge >= 0.3 is 0 Å². The summed E-state index contributed by atoms with van der Waals surface area (Å²) in [5.41, 5.74) is 1.60. The Labute approximate surface area is 101 Å². The van der Waals surface area contributed by atoms with Crippen LogP contribution in [0.15, 0.2) is 24.3 Å². The number of anilines is 2. The molecule has 0 atom stereocenters. The summed E-state index contributed by atoms with van der Waals surface area (Å²) in [6.07, 6.45) is 1.99. The minimum atomic E-state index is -0.0141. The van der Waals surface area contributed by atoms with Crippen LogP contribution in [-0.2, 0) is 9.59 Å². The third-order valence-corrected chi connectivity index (χ3v) is 2.94. The molecule has 2 amide bonds. The summed E-state index contributed by atoms with van der Waals surface area (Å²) in [6.45, 7) is 1.52. The van der Waals surface area contributed by atoms with Crippen LogP contribution in [0.1, 0.15) is 19.8 Å². The van der Waals surface area contributed by atoms with Gasteiger partial charge in [-0.3, -0.25) is 9.59 Å². The van der Waals surface area contributed by atoms with Crippen molar-refractivity contribution in [3.63, 3.8) is 0 Å². The summed E-state index contributed by atoms with van der Waals surface area (Å²) < 4.78 is 0. The zero-order chi connectivity index (χ0) is 12.4. The molecule has 0 aliphatic heterocycles. The number of hydrogen-bond donors (Lipinski definition) is 1. The van der Waals surface area contributed by atoms with E-state index in [2.05, 4.69) is 5.32 Å². The molecular weight excluding hydrogens is 216 g/mol. The van der Waals surface area contributed by atoms with Crippen molar-refractivity contribution in [2.24, 2.45) is 5.92 Å². The molecule has 1 aliphatic rings. The maximum absolute atomic E-state index is 11.5. The lowest BCUT2D eigenvalue weighted by molar-refractivity contribution is -0.117. The molecule has 0 heterocycles. The predicted molar refractivity (Wildman–Crippen MR) is 66.9 cm³/mol. The van der Waals surface area contributed by atoms with Gasteiger partial charge in [0.2, 0.25) is 11.8 Å². The lowest BCUT2D eigenvalue weighted by atomic mass is 10.2. The van der Waals surface area contributed by atoms with Gasteiger partial charge in [-0.05, 0) is 37.1 Å². The Hall–Kier alpha value is -1.84. The van der Waals surface area contributed by atoms with Crippen molar-refractivity contribution in [3.8, 4) is 0 Å².